The third-order valence-corrected chi connectivity index (χ3v) is 4.85. The first-order valence-electron chi connectivity index (χ1n) is 7.20. The van der Waals surface area contributed by atoms with Crippen LogP contribution in [0.1, 0.15) is 12.5 Å². The summed E-state index contributed by atoms with van der Waals surface area (Å²) >= 11 is 1.04. The van der Waals surface area contributed by atoms with Crippen LogP contribution in [0.5, 0.6) is 5.75 Å². The van der Waals surface area contributed by atoms with Crippen LogP contribution in [0.25, 0.3) is 0 Å². The first-order valence-corrected chi connectivity index (χ1v) is 9.80. The van der Waals surface area contributed by atoms with Gasteiger partial charge in [0.1, 0.15) is 5.75 Å². The first-order chi connectivity index (χ1) is 11.2. The van der Waals surface area contributed by atoms with Crippen LogP contribution in [0, 0.1) is 5.92 Å². The topological polar surface area (TPSA) is 110 Å². The van der Waals surface area contributed by atoms with Gasteiger partial charge in [-0.1, -0.05) is 23.9 Å². The summed E-state index contributed by atoms with van der Waals surface area (Å²) in [5.41, 5.74) is 0.898. The Morgan fingerprint density at radius 1 is 1.29 bits per heavy atom. The number of hydrogen-bond donors (Lipinski definition) is 2. The molecule has 0 radical (unpaired) electrons. The lowest BCUT2D eigenvalue weighted by atomic mass is 10.00. The average Bonchev–Trinajstić information content (AvgIpc) is 2.50. The molecular formula is C15H21NO6S2. The van der Waals surface area contributed by atoms with Gasteiger partial charge in [0.15, 0.2) is 5.12 Å². The van der Waals surface area contributed by atoms with Crippen molar-refractivity contribution in [1.82, 2.24) is 5.32 Å². The van der Waals surface area contributed by atoms with Crippen molar-refractivity contribution < 1.29 is 27.3 Å². The molecule has 2 N–H and O–H groups in total. The number of carbonyl (C=O) groups excluding carboxylic acids is 2. The number of ether oxygens (including phenoxy) is 1. The fraction of sp³-hybridized carbons (Fsp3) is 0.467. The molecular weight excluding hydrogens is 354 g/mol. The molecule has 1 aromatic carbocycles. The average molecular weight is 375 g/mol. The minimum atomic E-state index is -4.13. The van der Waals surface area contributed by atoms with Crippen LogP contribution in [-0.2, 0) is 26.1 Å². The largest absolute Gasteiger partial charge is 0.497 e. The van der Waals surface area contributed by atoms with E-state index in [4.69, 9.17) is 9.29 Å². The van der Waals surface area contributed by atoms with E-state index in [1.165, 1.54) is 6.92 Å². The van der Waals surface area contributed by atoms with Gasteiger partial charge >= 0.3 is 0 Å². The predicted octanol–water partition coefficient (Wildman–Crippen LogP) is 1.14. The van der Waals surface area contributed by atoms with E-state index in [9.17, 15) is 18.0 Å². The summed E-state index contributed by atoms with van der Waals surface area (Å²) in [7, 11) is -2.57. The summed E-state index contributed by atoms with van der Waals surface area (Å²) in [5.74, 6) is -0.407. The molecule has 1 atom stereocenters. The molecule has 7 nitrogen and oxygen atoms in total. The van der Waals surface area contributed by atoms with Gasteiger partial charge in [-0.05, 0) is 24.1 Å². The monoisotopic (exact) mass is 375 g/mol. The van der Waals surface area contributed by atoms with Crippen LogP contribution in [0.3, 0.4) is 0 Å². The molecule has 0 aromatic heterocycles. The van der Waals surface area contributed by atoms with Gasteiger partial charge in [0.2, 0.25) is 5.91 Å². The third kappa shape index (κ3) is 8.32. The van der Waals surface area contributed by atoms with Crippen molar-refractivity contribution in [2.24, 2.45) is 5.92 Å². The highest BCUT2D eigenvalue weighted by atomic mass is 32.2. The van der Waals surface area contributed by atoms with Gasteiger partial charge in [0.25, 0.3) is 10.1 Å². The van der Waals surface area contributed by atoms with E-state index in [1.54, 1.807) is 19.2 Å². The molecule has 1 aromatic rings. The molecule has 0 aliphatic carbocycles. The van der Waals surface area contributed by atoms with Crippen LogP contribution >= 0.6 is 11.8 Å². The zero-order chi connectivity index (χ0) is 18.2. The summed E-state index contributed by atoms with van der Waals surface area (Å²) in [6.45, 7) is 1.24. The van der Waals surface area contributed by atoms with E-state index < -0.39 is 21.8 Å². The Hall–Kier alpha value is -1.58. The highest BCUT2D eigenvalue weighted by Crippen LogP contribution is 2.18. The number of hydrogen-bond acceptors (Lipinski definition) is 6. The lowest BCUT2D eigenvalue weighted by Crippen LogP contribution is -2.36. The van der Waals surface area contributed by atoms with Crippen molar-refractivity contribution in [2.75, 3.05) is 25.2 Å². The maximum Gasteiger partial charge on any atom is 0.266 e. The van der Waals surface area contributed by atoms with Gasteiger partial charge in [0, 0.05) is 19.2 Å². The molecule has 0 bridgehead atoms. The second-order valence-corrected chi connectivity index (χ2v) is 7.90. The zero-order valence-electron chi connectivity index (χ0n) is 13.5. The Morgan fingerprint density at radius 3 is 2.42 bits per heavy atom. The van der Waals surface area contributed by atoms with Crippen LogP contribution in [0.2, 0.25) is 0 Å². The van der Waals surface area contributed by atoms with Crippen LogP contribution in [-0.4, -0.2) is 49.2 Å². The summed E-state index contributed by atoms with van der Waals surface area (Å²) in [6.07, 6.45) is 0.405. The lowest BCUT2D eigenvalue weighted by Gasteiger charge is -2.16. The number of nitrogens with one attached hydrogen (secondary N) is 1. The first kappa shape index (κ1) is 20.5. The third-order valence-electron chi connectivity index (χ3n) is 3.16. The van der Waals surface area contributed by atoms with Gasteiger partial charge in [-0.3, -0.25) is 14.1 Å². The highest BCUT2D eigenvalue weighted by Gasteiger charge is 2.20. The molecule has 0 spiro atoms. The zero-order valence-corrected chi connectivity index (χ0v) is 15.2. The SMILES string of the molecule is COc1ccc(CC(CSC(C)=O)C(=O)NCCS(=O)(=O)O)cc1. The smallest absolute Gasteiger partial charge is 0.266 e. The Balaban J connectivity index is 2.70. The van der Waals surface area contributed by atoms with Gasteiger partial charge < -0.3 is 10.1 Å². The number of thioether (sulfide) groups is 1. The molecule has 0 heterocycles. The molecule has 0 aliphatic rings. The Labute approximate surface area is 145 Å². The fourth-order valence-corrected chi connectivity index (χ4v) is 3.00. The molecule has 1 rings (SSSR count). The second kappa shape index (κ2) is 9.65. The van der Waals surface area contributed by atoms with Gasteiger partial charge in [-0.15, -0.1) is 0 Å². The lowest BCUT2D eigenvalue weighted by molar-refractivity contribution is -0.124. The summed E-state index contributed by atoms with van der Waals surface area (Å²) < 4.78 is 35.2. The van der Waals surface area contributed by atoms with Crippen molar-refractivity contribution in [3.8, 4) is 5.75 Å². The summed E-state index contributed by atoms with van der Waals surface area (Å²) in [5, 5.41) is 2.38. The Morgan fingerprint density at radius 2 is 1.92 bits per heavy atom. The highest BCUT2D eigenvalue weighted by molar-refractivity contribution is 8.13. The van der Waals surface area contributed by atoms with Crippen molar-refractivity contribution in [2.45, 2.75) is 13.3 Å². The number of carbonyl (C=O) groups is 2. The molecule has 0 aliphatic heterocycles. The number of amides is 1. The van der Waals surface area contributed by atoms with E-state index in [1.807, 2.05) is 12.1 Å². The maximum atomic E-state index is 12.2. The van der Waals surface area contributed by atoms with Crippen LogP contribution in [0.15, 0.2) is 24.3 Å². The molecule has 1 amide bonds. The van der Waals surface area contributed by atoms with E-state index >= 15 is 0 Å². The van der Waals surface area contributed by atoms with Gasteiger partial charge in [0.05, 0.1) is 18.8 Å². The molecule has 24 heavy (non-hydrogen) atoms. The number of methoxy groups -OCH3 is 1. The van der Waals surface area contributed by atoms with E-state index in [0.717, 1.165) is 17.3 Å². The predicted molar refractivity (Wildman–Crippen MR) is 92.8 cm³/mol. The fourth-order valence-electron chi connectivity index (χ4n) is 1.94. The Kier molecular flexibility index (Phi) is 8.23. The van der Waals surface area contributed by atoms with Crippen molar-refractivity contribution in [3.63, 3.8) is 0 Å². The quantitative estimate of drug-likeness (QED) is 0.623. The molecule has 0 saturated heterocycles. The van der Waals surface area contributed by atoms with Crippen LogP contribution < -0.4 is 10.1 Å². The van der Waals surface area contributed by atoms with E-state index in [0.29, 0.717) is 17.9 Å². The molecule has 134 valence electrons. The second-order valence-electron chi connectivity index (χ2n) is 5.13. The van der Waals surface area contributed by atoms with Crippen LogP contribution in [0.4, 0.5) is 0 Å². The molecule has 9 heteroatoms. The number of rotatable bonds is 9. The maximum absolute atomic E-state index is 12.2. The van der Waals surface area contributed by atoms with E-state index in [2.05, 4.69) is 5.32 Å². The molecule has 1 unspecified atom stereocenters. The van der Waals surface area contributed by atoms with E-state index in [-0.39, 0.29) is 17.6 Å². The van der Waals surface area contributed by atoms with Gasteiger partial charge in [-0.25, -0.2) is 0 Å². The minimum Gasteiger partial charge on any atom is -0.497 e. The summed E-state index contributed by atoms with van der Waals surface area (Å²) in [4.78, 5) is 23.4. The van der Waals surface area contributed by atoms with Crippen molar-refractivity contribution in [1.29, 1.82) is 0 Å². The molecule has 0 saturated carbocycles. The number of benzene rings is 1. The summed E-state index contributed by atoms with van der Waals surface area (Å²) in [6, 6.07) is 7.22. The van der Waals surface area contributed by atoms with Crippen molar-refractivity contribution in [3.05, 3.63) is 29.8 Å². The minimum absolute atomic E-state index is 0.0968. The van der Waals surface area contributed by atoms with Gasteiger partial charge in [-0.2, -0.15) is 8.42 Å². The standard InChI is InChI=1S/C15H21NO6S2/c1-11(17)23-10-13(15(18)16-7-8-24(19,20)21)9-12-3-5-14(22-2)6-4-12/h3-6,13H,7-10H2,1-2H3,(H,16,18)(H,19,20,21). The normalized spacial score (nSPS) is 12.5. The Bertz CT molecular complexity index is 657. The van der Waals surface area contributed by atoms with Crippen molar-refractivity contribution >= 4 is 32.9 Å². The molecule has 0 fully saturated rings.